The summed E-state index contributed by atoms with van der Waals surface area (Å²) in [5.74, 6) is 0.0960. The van der Waals surface area contributed by atoms with Crippen LogP contribution in [0, 0.1) is 6.92 Å². The molecule has 0 fully saturated rings. The first-order valence-corrected chi connectivity index (χ1v) is 9.76. The van der Waals surface area contributed by atoms with E-state index in [-0.39, 0.29) is 12.6 Å². The number of benzene rings is 2. The SMILES string of the molecule is Cc1cc(CNCC(=O)O)ccc1-c1noc(-c2ccc3c(cnn3C(C)C)c2)n1. The molecule has 0 aliphatic rings. The minimum Gasteiger partial charge on any atom is -0.480 e. The molecule has 0 amide bonds. The van der Waals surface area contributed by atoms with Crippen LogP contribution in [0.4, 0.5) is 0 Å². The lowest BCUT2D eigenvalue weighted by Crippen LogP contribution is -2.21. The Balaban J connectivity index is 1.57. The zero-order chi connectivity index (χ0) is 21.3. The molecule has 2 heterocycles. The molecule has 4 aromatic rings. The number of nitrogens with one attached hydrogen (secondary N) is 1. The Kier molecular flexibility index (Phi) is 5.33. The van der Waals surface area contributed by atoms with Crippen LogP contribution >= 0.6 is 0 Å². The summed E-state index contributed by atoms with van der Waals surface area (Å²) in [6.45, 7) is 6.57. The monoisotopic (exact) mass is 405 g/mol. The van der Waals surface area contributed by atoms with Gasteiger partial charge in [0.25, 0.3) is 5.89 Å². The highest BCUT2D eigenvalue weighted by molar-refractivity contribution is 5.83. The number of hydrogen-bond acceptors (Lipinski definition) is 6. The van der Waals surface area contributed by atoms with E-state index in [2.05, 4.69) is 34.4 Å². The van der Waals surface area contributed by atoms with Crippen molar-refractivity contribution in [3.05, 3.63) is 53.7 Å². The highest BCUT2D eigenvalue weighted by Gasteiger charge is 2.14. The van der Waals surface area contributed by atoms with E-state index in [1.54, 1.807) is 0 Å². The topological polar surface area (TPSA) is 106 Å². The van der Waals surface area contributed by atoms with Gasteiger partial charge in [0.05, 0.1) is 18.3 Å². The number of nitrogens with zero attached hydrogens (tertiary/aromatic N) is 4. The Morgan fingerprint density at radius 1 is 1.23 bits per heavy atom. The van der Waals surface area contributed by atoms with Crippen molar-refractivity contribution in [2.45, 2.75) is 33.4 Å². The molecule has 0 atom stereocenters. The van der Waals surface area contributed by atoms with Gasteiger partial charge in [0, 0.05) is 29.1 Å². The molecule has 0 unspecified atom stereocenters. The fourth-order valence-corrected chi connectivity index (χ4v) is 3.45. The maximum atomic E-state index is 10.6. The molecule has 4 rings (SSSR count). The van der Waals surface area contributed by atoms with Gasteiger partial charge >= 0.3 is 5.97 Å². The standard InChI is InChI=1S/C22H23N5O3/c1-13(2)27-19-7-5-16(9-17(19)11-24-27)22-25-21(26-30-22)18-6-4-15(8-14(18)3)10-23-12-20(28)29/h4-9,11,13,23H,10,12H2,1-3H3,(H,28,29). The minimum atomic E-state index is -0.877. The van der Waals surface area contributed by atoms with Crippen LogP contribution in [0.1, 0.15) is 31.0 Å². The van der Waals surface area contributed by atoms with Gasteiger partial charge in [-0.15, -0.1) is 0 Å². The molecule has 0 spiro atoms. The molecule has 0 aliphatic heterocycles. The number of carboxylic acids is 1. The summed E-state index contributed by atoms with van der Waals surface area (Å²) in [5, 5.41) is 21.2. The van der Waals surface area contributed by atoms with Crippen LogP contribution < -0.4 is 5.32 Å². The smallest absolute Gasteiger partial charge is 0.317 e. The van der Waals surface area contributed by atoms with Crippen LogP contribution in [-0.4, -0.2) is 37.5 Å². The molecule has 2 aromatic carbocycles. The van der Waals surface area contributed by atoms with Gasteiger partial charge in [-0.25, -0.2) is 0 Å². The van der Waals surface area contributed by atoms with Gasteiger partial charge in [-0.1, -0.05) is 23.4 Å². The van der Waals surface area contributed by atoms with Crippen molar-refractivity contribution in [2.75, 3.05) is 6.54 Å². The van der Waals surface area contributed by atoms with Gasteiger partial charge in [-0.3, -0.25) is 9.48 Å². The molecule has 0 saturated heterocycles. The lowest BCUT2D eigenvalue weighted by molar-refractivity contribution is -0.135. The van der Waals surface area contributed by atoms with Crippen molar-refractivity contribution in [1.29, 1.82) is 0 Å². The molecule has 8 nitrogen and oxygen atoms in total. The number of carbonyl (C=O) groups is 1. The normalized spacial score (nSPS) is 11.5. The third kappa shape index (κ3) is 3.95. The minimum absolute atomic E-state index is 0.0740. The van der Waals surface area contributed by atoms with E-state index in [1.165, 1.54) is 0 Å². The van der Waals surface area contributed by atoms with Crippen molar-refractivity contribution in [2.24, 2.45) is 0 Å². The maximum absolute atomic E-state index is 10.6. The van der Waals surface area contributed by atoms with Crippen LogP contribution in [0.5, 0.6) is 0 Å². The average Bonchev–Trinajstić information content (AvgIpc) is 3.34. The Morgan fingerprint density at radius 3 is 2.80 bits per heavy atom. The second-order valence-electron chi connectivity index (χ2n) is 7.53. The second kappa shape index (κ2) is 8.08. The Labute approximate surface area is 173 Å². The number of fused-ring (bicyclic) bond motifs is 1. The number of aryl methyl sites for hydroxylation is 1. The van der Waals surface area contributed by atoms with Crippen molar-refractivity contribution in [3.8, 4) is 22.8 Å². The Morgan fingerprint density at radius 2 is 2.07 bits per heavy atom. The third-order valence-corrected chi connectivity index (χ3v) is 4.89. The zero-order valence-corrected chi connectivity index (χ0v) is 17.1. The number of rotatable bonds is 7. The first-order valence-electron chi connectivity index (χ1n) is 9.76. The van der Waals surface area contributed by atoms with E-state index >= 15 is 0 Å². The van der Waals surface area contributed by atoms with E-state index in [0.29, 0.717) is 18.3 Å². The van der Waals surface area contributed by atoms with Crippen LogP contribution in [0.2, 0.25) is 0 Å². The van der Waals surface area contributed by atoms with Gasteiger partial charge in [0.1, 0.15) is 0 Å². The summed E-state index contributed by atoms with van der Waals surface area (Å²) < 4.78 is 7.50. The van der Waals surface area contributed by atoms with Crippen LogP contribution in [0.25, 0.3) is 33.7 Å². The molecule has 30 heavy (non-hydrogen) atoms. The largest absolute Gasteiger partial charge is 0.480 e. The molecule has 0 bridgehead atoms. The summed E-state index contributed by atoms with van der Waals surface area (Å²) in [6, 6.07) is 12.1. The molecule has 0 aliphatic carbocycles. The van der Waals surface area contributed by atoms with E-state index in [4.69, 9.17) is 9.63 Å². The van der Waals surface area contributed by atoms with E-state index in [1.807, 2.05) is 54.2 Å². The quantitative estimate of drug-likeness (QED) is 0.481. The molecular formula is C22H23N5O3. The number of aliphatic carboxylic acids is 1. The summed E-state index contributed by atoms with van der Waals surface area (Å²) >= 11 is 0. The molecule has 0 saturated carbocycles. The van der Waals surface area contributed by atoms with Crippen molar-refractivity contribution < 1.29 is 14.4 Å². The van der Waals surface area contributed by atoms with Crippen LogP contribution in [0.15, 0.2) is 47.1 Å². The fraction of sp³-hybridized carbons (Fsp3) is 0.273. The zero-order valence-electron chi connectivity index (χ0n) is 17.1. The Bertz CT molecular complexity index is 1210. The molecular weight excluding hydrogens is 382 g/mol. The van der Waals surface area contributed by atoms with Gasteiger partial charge in [0.15, 0.2) is 0 Å². The fourth-order valence-electron chi connectivity index (χ4n) is 3.45. The van der Waals surface area contributed by atoms with Gasteiger partial charge in [-0.05, 0) is 50.1 Å². The average molecular weight is 405 g/mol. The van der Waals surface area contributed by atoms with Crippen molar-refractivity contribution >= 4 is 16.9 Å². The molecule has 0 radical (unpaired) electrons. The van der Waals surface area contributed by atoms with E-state index in [0.717, 1.165) is 33.2 Å². The van der Waals surface area contributed by atoms with Crippen LogP contribution in [0.3, 0.4) is 0 Å². The lowest BCUT2D eigenvalue weighted by atomic mass is 10.0. The number of aromatic nitrogens is 4. The first kappa shape index (κ1) is 19.8. The third-order valence-electron chi connectivity index (χ3n) is 4.89. The second-order valence-corrected chi connectivity index (χ2v) is 7.53. The lowest BCUT2D eigenvalue weighted by Gasteiger charge is -2.07. The van der Waals surface area contributed by atoms with Crippen molar-refractivity contribution in [3.63, 3.8) is 0 Å². The van der Waals surface area contributed by atoms with Gasteiger partial charge in [-0.2, -0.15) is 10.1 Å². The van der Waals surface area contributed by atoms with Gasteiger partial charge < -0.3 is 14.9 Å². The van der Waals surface area contributed by atoms with Crippen molar-refractivity contribution in [1.82, 2.24) is 25.2 Å². The number of carboxylic acid groups (broad SMARTS) is 1. The molecule has 8 heteroatoms. The first-order chi connectivity index (χ1) is 14.4. The van der Waals surface area contributed by atoms with Gasteiger partial charge in [0.2, 0.25) is 5.82 Å². The molecule has 2 N–H and O–H groups in total. The maximum Gasteiger partial charge on any atom is 0.317 e. The van der Waals surface area contributed by atoms with E-state index in [9.17, 15) is 4.79 Å². The molecule has 2 aromatic heterocycles. The summed E-state index contributed by atoms with van der Waals surface area (Å²) in [7, 11) is 0. The molecule has 154 valence electrons. The highest BCUT2D eigenvalue weighted by Crippen LogP contribution is 2.28. The predicted molar refractivity (Wildman–Crippen MR) is 113 cm³/mol. The number of hydrogen-bond donors (Lipinski definition) is 2. The Hall–Kier alpha value is -3.52. The highest BCUT2D eigenvalue weighted by atomic mass is 16.5. The van der Waals surface area contributed by atoms with E-state index < -0.39 is 5.97 Å². The summed E-state index contributed by atoms with van der Waals surface area (Å²) in [6.07, 6.45) is 1.84. The summed E-state index contributed by atoms with van der Waals surface area (Å²) in [4.78, 5) is 15.2. The predicted octanol–water partition coefficient (Wildman–Crippen LogP) is 3.82. The van der Waals surface area contributed by atoms with Crippen LogP contribution in [-0.2, 0) is 11.3 Å². The summed E-state index contributed by atoms with van der Waals surface area (Å²) in [5.41, 5.74) is 4.77.